The lowest BCUT2D eigenvalue weighted by molar-refractivity contribution is -0.147. The van der Waals surface area contributed by atoms with Crippen molar-refractivity contribution >= 4 is 24.5 Å². The van der Waals surface area contributed by atoms with Crippen LogP contribution in [0.4, 0.5) is 0 Å². The van der Waals surface area contributed by atoms with Gasteiger partial charge in [0.15, 0.2) is 0 Å². The molecule has 6 heteroatoms. The summed E-state index contributed by atoms with van der Waals surface area (Å²) in [6.07, 6.45) is 2.05. The van der Waals surface area contributed by atoms with E-state index in [0.29, 0.717) is 18.7 Å². The normalized spacial score (nSPS) is 19.9. The van der Waals surface area contributed by atoms with Gasteiger partial charge in [-0.25, -0.2) is 4.79 Å². The number of carboxylic acid groups (broad SMARTS) is 1. The summed E-state index contributed by atoms with van der Waals surface area (Å²) in [6, 6.07) is -0.278. The molecule has 0 radical (unpaired) electrons. The summed E-state index contributed by atoms with van der Waals surface area (Å²) in [5.41, 5.74) is 0.733. The van der Waals surface area contributed by atoms with Gasteiger partial charge in [-0.05, 0) is 25.8 Å². The van der Waals surface area contributed by atoms with Crippen molar-refractivity contribution < 1.29 is 14.7 Å². The average Bonchev–Trinajstić information content (AvgIpc) is 2.31. The Bertz CT molecular complexity index is 391. The molecule has 1 saturated heterocycles. The van der Waals surface area contributed by atoms with Crippen molar-refractivity contribution in [3.63, 3.8) is 0 Å². The number of hydrogen-bond donors (Lipinski definition) is 3. The molecule has 19 heavy (non-hydrogen) atoms. The zero-order chi connectivity index (χ0) is 14.6. The summed E-state index contributed by atoms with van der Waals surface area (Å²) < 4.78 is 0. The van der Waals surface area contributed by atoms with E-state index in [0.717, 1.165) is 12.8 Å². The van der Waals surface area contributed by atoms with Gasteiger partial charge < -0.3 is 15.3 Å². The third kappa shape index (κ3) is 3.98. The fourth-order valence-electron chi connectivity index (χ4n) is 2.09. The molecule has 1 amide bonds. The minimum Gasteiger partial charge on any atom is -0.477 e. The number of carbonyl (C=O) groups is 2. The maximum atomic E-state index is 11.9. The van der Waals surface area contributed by atoms with Crippen LogP contribution in [0.25, 0.3) is 0 Å². The first-order chi connectivity index (χ1) is 8.88. The molecule has 1 aliphatic heterocycles. The molecule has 1 heterocycles. The van der Waals surface area contributed by atoms with Crippen molar-refractivity contribution in [2.75, 3.05) is 13.1 Å². The fourth-order valence-corrected chi connectivity index (χ4v) is 2.46. The van der Waals surface area contributed by atoms with Gasteiger partial charge in [0.05, 0.1) is 6.54 Å². The van der Waals surface area contributed by atoms with E-state index in [1.54, 1.807) is 13.8 Å². The number of β-lactam (4-membered cyclic amide) rings is 1. The van der Waals surface area contributed by atoms with Crippen LogP contribution in [0.3, 0.4) is 0 Å². The highest BCUT2D eigenvalue weighted by Crippen LogP contribution is 2.20. The van der Waals surface area contributed by atoms with Crippen molar-refractivity contribution in [2.24, 2.45) is 0 Å². The van der Waals surface area contributed by atoms with Crippen LogP contribution in [0.5, 0.6) is 0 Å². The predicted molar refractivity (Wildman–Crippen MR) is 77.2 cm³/mol. The molecule has 2 N–H and O–H groups in total. The monoisotopic (exact) mass is 286 g/mol. The first-order valence-electron chi connectivity index (χ1n) is 6.52. The number of carboxylic acids is 1. The number of allylic oxidation sites excluding steroid dienone is 1. The van der Waals surface area contributed by atoms with Crippen molar-refractivity contribution in [2.45, 2.75) is 44.9 Å². The van der Waals surface area contributed by atoms with Gasteiger partial charge in [0.1, 0.15) is 11.7 Å². The molecule has 1 aliphatic rings. The van der Waals surface area contributed by atoms with E-state index in [1.165, 1.54) is 4.90 Å². The smallest absolute Gasteiger partial charge is 0.352 e. The fraction of sp³-hybridized carbons (Fsp3) is 0.692. The highest BCUT2D eigenvalue weighted by Gasteiger charge is 2.40. The summed E-state index contributed by atoms with van der Waals surface area (Å²) in [6.45, 7) is 6.56. The van der Waals surface area contributed by atoms with Crippen LogP contribution in [0, 0.1) is 0 Å². The first kappa shape index (κ1) is 16.0. The summed E-state index contributed by atoms with van der Waals surface area (Å²) >= 11 is 4.41. The Kier molecular flexibility index (Phi) is 5.87. The van der Waals surface area contributed by atoms with Crippen molar-refractivity contribution in [1.82, 2.24) is 10.2 Å². The second-order valence-corrected chi connectivity index (χ2v) is 5.74. The van der Waals surface area contributed by atoms with Gasteiger partial charge in [0, 0.05) is 11.8 Å². The summed E-state index contributed by atoms with van der Waals surface area (Å²) in [7, 11) is 0. The Morgan fingerprint density at radius 2 is 2.21 bits per heavy atom. The van der Waals surface area contributed by atoms with Gasteiger partial charge in [0.2, 0.25) is 5.91 Å². The Morgan fingerprint density at radius 3 is 2.63 bits per heavy atom. The molecule has 2 atom stereocenters. The van der Waals surface area contributed by atoms with Gasteiger partial charge >= 0.3 is 5.97 Å². The standard InChI is InChI=1S/C13H22N2O3S/c1-4-5-9(19)6-14-10-7-15(12(10)16)11(8(2)3)13(17)18/h9-10,14,19H,4-7H2,1-3H3,(H,17,18)/t9-,10?/m1/s1. The Balaban J connectivity index is 2.50. The quantitative estimate of drug-likeness (QED) is 0.374. The molecule has 0 aromatic rings. The van der Waals surface area contributed by atoms with E-state index in [1.807, 2.05) is 0 Å². The number of amides is 1. The van der Waals surface area contributed by atoms with Gasteiger partial charge in [-0.1, -0.05) is 13.3 Å². The second-order valence-electron chi connectivity index (χ2n) is 5.01. The minimum absolute atomic E-state index is 0.0963. The number of nitrogens with zero attached hydrogens (tertiary/aromatic N) is 1. The number of rotatable bonds is 7. The van der Waals surface area contributed by atoms with Crippen LogP contribution in [0.15, 0.2) is 11.3 Å². The minimum atomic E-state index is -1.05. The van der Waals surface area contributed by atoms with E-state index in [2.05, 4.69) is 24.9 Å². The lowest BCUT2D eigenvalue weighted by Crippen LogP contribution is -2.63. The molecule has 108 valence electrons. The molecule has 0 aliphatic carbocycles. The topological polar surface area (TPSA) is 69.6 Å². The zero-order valence-corrected chi connectivity index (χ0v) is 12.5. The number of hydrogen-bond acceptors (Lipinski definition) is 4. The summed E-state index contributed by atoms with van der Waals surface area (Å²) in [4.78, 5) is 24.3. The highest BCUT2D eigenvalue weighted by atomic mass is 32.1. The van der Waals surface area contributed by atoms with E-state index in [4.69, 9.17) is 5.11 Å². The average molecular weight is 286 g/mol. The first-order valence-corrected chi connectivity index (χ1v) is 7.03. The molecule has 0 aromatic carbocycles. The number of likely N-dealkylation sites (tertiary alicyclic amines) is 1. The number of thiol groups is 1. The molecule has 1 fully saturated rings. The van der Waals surface area contributed by atoms with Gasteiger partial charge in [-0.3, -0.25) is 4.79 Å². The molecule has 0 bridgehead atoms. The molecule has 1 unspecified atom stereocenters. The SMILES string of the molecule is CCC[C@@H](S)CNC1CN(C(C(=O)O)=C(C)C)C1=O. The highest BCUT2D eigenvalue weighted by molar-refractivity contribution is 7.81. The lowest BCUT2D eigenvalue weighted by Gasteiger charge is -2.39. The molecule has 5 nitrogen and oxygen atoms in total. The van der Waals surface area contributed by atoms with Crippen LogP contribution in [0.2, 0.25) is 0 Å². The third-order valence-corrected chi connectivity index (χ3v) is 3.54. The molecular weight excluding hydrogens is 264 g/mol. The lowest BCUT2D eigenvalue weighted by atomic mass is 10.0. The number of aliphatic carboxylic acids is 1. The largest absolute Gasteiger partial charge is 0.477 e. The van der Waals surface area contributed by atoms with Crippen LogP contribution < -0.4 is 5.32 Å². The van der Waals surface area contributed by atoms with E-state index in [-0.39, 0.29) is 22.9 Å². The van der Waals surface area contributed by atoms with Crippen molar-refractivity contribution in [1.29, 1.82) is 0 Å². The Morgan fingerprint density at radius 1 is 1.58 bits per heavy atom. The summed E-state index contributed by atoms with van der Waals surface area (Å²) in [5.74, 6) is -1.22. The second kappa shape index (κ2) is 6.96. The Hall–Kier alpha value is -1.01. The van der Waals surface area contributed by atoms with E-state index < -0.39 is 5.97 Å². The van der Waals surface area contributed by atoms with E-state index >= 15 is 0 Å². The van der Waals surface area contributed by atoms with Crippen LogP contribution in [0.1, 0.15) is 33.6 Å². The summed E-state index contributed by atoms with van der Waals surface area (Å²) in [5, 5.41) is 12.5. The van der Waals surface area contributed by atoms with Crippen molar-refractivity contribution in [3.8, 4) is 0 Å². The third-order valence-electron chi connectivity index (χ3n) is 3.10. The zero-order valence-electron chi connectivity index (χ0n) is 11.6. The molecule has 0 spiro atoms. The molecular formula is C13H22N2O3S. The van der Waals surface area contributed by atoms with Gasteiger partial charge in [0.25, 0.3) is 0 Å². The van der Waals surface area contributed by atoms with E-state index in [9.17, 15) is 9.59 Å². The van der Waals surface area contributed by atoms with Gasteiger partial charge in [-0.2, -0.15) is 12.6 Å². The van der Waals surface area contributed by atoms with Gasteiger partial charge in [-0.15, -0.1) is 0 Å². The number of carbonyl (C=O) groups excluding carboxylic acids is 1. The van der Waals surface area contributed by atoms with Crippen LogP contribution in [-0.4, -0.2) is 46.3 Å². The van der Waals surface area contributed by atoms with Crippen LogP contribution >= 0.6 is 12.6 Å². The maximum absolute atomic E-state index is 11.9. The molecule has 0 saturated carbocycles. The molecule has 1 rings (SSSR count). The maximum Gasteiger partial charge on any atom is 0.352 e. The predicted octanol–water partition coefficient (Wildman–Crippen LogP) is 1.26. The molecule has 0 aromatic heterocycles. The number of nitrogens with one attached hydrogen (secondary N) is 1. The Labute approximate surface area is 119 Å². The van der Waals surface area contributed by atoms with Crippen molar-refractivity contribution in [3.05, 3.63) is 11.3 Å². The van der Waals surface area contributed by atoms with Crippen LogP contribution in [-0.2, 0) is 9.59 Å².